The van der Waals surface area contributed by atoms with Crippen LogP contribution >= 0.6 is 0 Å². The number of hydrogen-bond acceptors (Lipinski definition) is 3. The van der Waals surface area contributed by atoms with Crippen LogP contribution in [-0.4, -0.2) is 31.8 Å². The Balaban J connectivity index is 1.53. The van der Waals surface area contributed by atoms with E-state index in [1.807, 2.05) is 66.0 Å². The first kappa shape index (κ1) is 16.6. The van der Waals surface area contributed by atoms with Crippen molar-refractivity contribution in [3.05, 3.63) is 54.0 Å². The van der Waals surface area contributed by atoms with E-state index >= 15 is 0 Å². The quantitative estimate of drug-likeness (QED) is 0.727. The number of fused-ring (bicyclic) bond motifs is 1. The second kappa shape index (κ2) is 6.78. The lowest BCUT2D eigenvalue weighted by Gasteiger charge is -2.27. The average Bonchev–Trinajstić information content (AvgIpc) is 3.22. The molecule has 2 aromatic heterocycles. The number of amides is 1. The minimum atomic E-state index is 0.101. The molecule has 6 nitrogen and oxygen atoms in total. The fraction of sp³-hybridized carbons (Fsp3) is 0.350. The SMILES string of the molecule is Cc1cc(C)n(CCC(=O)N2CCCn3cc(-c4ccccc4)nc32)n1. The summed E-state index contributed by atoms with van der Waals surface area (Å²) in [7, 11) is 0. The largest absolute Gasteiger partial charge is 0.316 e. The Morgan fingerprint density at radius 2 is 1.96 bits per heavy atom. The van der Waals surface area contributed by atoms with E-state index in [0.29, 0.717) is 13.0 Å². The molecular weight excluding hydrogens is 326 g/mol. The van der Waals surface area contributed by atoms with Crippen molar-refractivity contribution < 1.29 is 4.79 Å². The molecule has 0 saturated heterocycles. The number of aromatic nitrogens is 4. The van der Waals surface area contributed by atoms with Crippen molar-refractivity contribution in [3.63, 3.8) is 0 Å². The average molecular weight is 349 g/mol. The molecule has 1 amide bonds. The molecule has 0 unspecified atom stereocenters. The lowest BCUT2D eigenvalue weighted by Crippen LogP contribution is -2.38. The highest BCUT2D eigenvalue weighted by Gasteiger charge is 2.25. The Morgan fingerprint density at radius 3 is 2.69 bits per heavy atom. The third-order valence-corrected chi connectivity index (χ3v) is 4.79. The Morgan fingerprint density at radius 1 is 1.15 bits per heavy atom. The third kappa shape index (κ3) is 3.14. The molecule has 0 radical (unpaired) electrons. The van der Waals surface area contributed by atoms with E-state index in [2.05, 4.69) is 9.67 Å². The molecule has 0 bridgehead atoms. The van der Waals surface area contributed by atoms with Crippen LogP contribution in [0.15, 0.2) is 42.6 Å². The van der Waals surface area contributed by atoms with Gasteiger partial charge in [0.25, 0.3) is 0 Å². The van der Waals surface area contributed by atoms with Crippen molar-refractivity contribution in [2.45, 2.75) is 39.8 Å². The number of carbonyl (C=O) groups is 1. The van der Waals surface area contributed by atoms with Crippen LogP contribution in [0, 0.1) is 13.8 Å². The maximum atomic E-state index is 12.8. The number of aryl methyl sites for hydroxylation is 4. The van der Waals surface area contributed by atoms with Gasteiger partial charge in [-0.15, -0.1) is 0 Å². The van der Waals surface area contributed by atoms with Gasteiger partial charge in [-0.25, -0.2) is 4.98 Å². The van der Waals surface area contributed by atoms with E-state index in [-0.39, 0.29) is 5.91 Å². The third-order valence-electron chi connectivity index (χ3n) is 4.79. The van der Waals surface area contributed by atoms with Gasteiger partial charge in [-0.3, -0.25) is 14.4 Å². The predicted molar refractivity (Wildman–Crippen MR) is 101 cm³/mol. The number of rotatable bonds is 4. The molecule has 1 aliphatic rings. The number of carbonyl (C=O) groups excluding carboxylic acids is 1. The van der Waals surface area contributed by atoms with Crippen molar-refractivity contribution in [1.82, 2.24) is 19.3 Å². The summed E-state index contributed by atoms with van der Waals surface area (Å²) in [6.45, 7) is 6.21. The molecule has 1 aliphatic heterocycles. The molecule has 3 heterocycles. The van der Waals surface area contributed by atoms with E-state index in [1.54, 1.807) is 0 Å². The predicted octanol–water partition coefficient (Wildman–Crippen LogP) is 3.19. The van der Waals surface area contributed by atoms with Crippen LogP contribution < -0.4 is 4.90 Å². The van der Waals surface area contributed by atoms with Gasteiger partial charge in [0.2, 0.25) is 11.9 Å². The van der Waals surface area contributed by atoms with Crippen molar-refractivity contribution in [2.75, 3.05) is 11.4 Å². The van der Waals surface area contributed by atoms with Gasteiger partial charge in [0, 0.05) is 43.5 Å². The van der Waals surface area contributed by atoms with Crippen LogP contribution in [0.4, 0.5) is 5.95 Å². The molecule has 3 aromatic rings. The maximum absolute atomic E-state index is 12.8. The minimum absolute atomic E-state index is 0.101. The van der Waals surface area contributed by atoms with Gasteiger partial charge in [0.1, 0.15) is 0 Å². The number of benzene rings is 1. The lowest BCUT2D eigenvalue weighted by atomic mass is 10.2. The van der Waals surface area contributed by atoms with E-state index in [4.69, 9.17) is 4.98 Å². The summed E-state index contributed by atoms with van der Waals surface area (Å²) in [4.78, 5) is 19.4. The molecule has 0 fully saturated rings. The summed E-state index contributed by atoms with van der Waals surface area (Å²) in [5, 5.41) is 4.44. The lowest BCUT2D eigenvalue weighted by molar-refractivity contribution is -0.119. The molecular formula is C20H23N5O. The van der Waals surface area contributed by atoms with E-state index in [0.717, 1.165) is 48.1 Å². The van der Waals surface area contributed by atoms with E-state index < -0.39 is 0 Å². The maximum Gasteiger partial charge on any atom is 0.231 e. The second-order valence-electron chi connectivity index (χ2n) is 6.78. The van der Waals surface area contributed by atoms with Gasteiger partial charge >= 0.3 is 0 Å². The van der Waals surface area contributed by atoms with E-state index in [9.17, 15) is 4.79 Å². The summed E-state index contributed by atoms with van der Waals surface area (Å²) >= 11 is 0. The summed E-state index contributed by atoms with van der Waals surface area (Å²) in [6, 6.07) is 12.1. The normalized spacial score (nSPS) is 13.7. The first-order chi connectivity index (χ1) is 12.6. The molecule has 0 saturated carbocycles. The summed E-state index contributed by atoms with van der Waals surface area (Å²) in [5.74, 6) is 0.859. The Labute approximate surface area is 153 Å². The van der Waals surface area contributed by atoms with Crippen LogP contribution in [0.1, 0.15) is 24.2 Å². The fourth-order valence-corrected chi connectivity index (χ4v) is 3.51. The summed E-state index contributed by atoms with van der Waals surface area (Å²) in [6.07, 6.45) is 3.42. The zero-order valence-corrected chi connectivity index (χ0v) is 15.2. The highest BCUT2D eigenvalue weighted by molar-refractivity contribution is 5.92. The number of imidazole rings is 1. The summed E-state index contributed by atoms with van der Waals surface area (Å²) in [5.41, 5.74) is 4.06. The smallest absolute Gasteiger partial charge is 0.231 e. The van der Waals surface area contributed by atoms with Gasteiger partial charge in [0.05, 0.1) is 11.4 Å². The monoisotopic (exact) mass is 349 g/mol. The first-order valence-electron chi connectivity index (χ1n) is 9.06. The highest BCUT2D eigenvalue weighted by Crippen LogP contribution is 2.26. The Bertz CT molecular complexity index is 925. The molecule has 0 N–H and O–H groups in total. The standard InChI is InChI=1S/C20H23N5O/c1-15-13-16(2)25(22-15)12-9-19(26)24-11-6-10-23-14-18(21-20(23)24)17-7-4-3-5-8-17/h3-5,7-8,13-14H,6,9-12H2,1-2H3. The molecule has 0 atom stereocenters. The van der Waals surface area contributed by atoms with Crippen LogP contribution in [0.5, 0.6) is 0 Å². The number of nitrogens with zero attached hydrogens (tertiary/aromatic N) is 5. The molecule has 4 rings (SSSR count). The topological polar surface area (TPSA) is 56.0 Å². The molecule has 0 spiro atoms. The van der Waals surface area contributed by atoms with Crippen LogP contribution in [0.2, 0.25) is 0 Å². The van der Waals surface area contributed by atoms with Crippen LogP contribution in [-0.2, 0) is 17.9 Å². The summed E-state index contributed by atoms with van der Waals surface area (Å²) < 4.78 is 3.99. The van der Waals surface area contributed by atoms with Gasteiger partial charge in [-0.2, -0.15) is 5.10 Å². The molecule has 26 heavy (non-hydrogen) atoms. The van der Waals surface area contributed by atoms with Gasteiger partial charge in [-0.05, 0) is 26.3 Å². The second-order valence-corrected chi connectivity index (χ2v) is 6.78. The van der Waals surface area contributed by atoms with Crippen molar-refractivity contribution >= 4 is 11.9 Å². The fourth-order valence-electron chi connectivity index (χ4n) is 3.51. The van der Waals surface area contributed by atoms with Crippen LogP contribution in [0.25, 0.3) is 11.3 Å². The molecule has 1 aromatic carbocycles. The minimum Gasteiger partial charge on any atom is -0.316 e. The Hall–Kier alpha value is -2.89. The number of anilines is 1. The Kier molecular flexibility index (Phi) is 4.32. The molecule has 134 valence electrons. The first-order valence-corrected chi connectivity index (χ1v) is 9.06. The number of hydrogen-bond donors (Lipinski definition) is 0. The van der Waals surface area contributed by atoms with Crippen LogP contribution in [0.3, 0.4) is 0 Å². The molecule has 6 heteroatoms. The van der Waals surface area contributed by atoms with Crippen molar-refractivity contribution in [3.8, 4) is 11.3 Å². The van der Waals surface area contributed by atoms with Gasteiger partial charge < -0.3 is 4.57 Å². The van der Waals surface area contributed by atoms with Gasteiger partial charge in [-0.1, -0.05) is 30.3 Å². The van der Waals surface area contributed by atoms with Crippen molar-refractivity contribution in [2.24, 2.45) is 0 Å². The highest BCUT2D eigenvalue weighted by atomic mass is 16.2. The van der Waals surface area contributed by atoms with Crippen molar-refractivity contribution in [1.29, 1.82) is 0 Å². The van der Waals surface area contributed by atoms with Gasteiger partial charge in [0.15, 0.2) is 0 Å². The zero-order valence-electron chi connectivity index (χ0n) is 15.2. The molecule has 0 aliphatic carbocycles. The zero-order chi connectivity index (χ0) is 18.1. The van der Waals surface area contributed by atoms with E-state index in [1.165, 1.54) is 0 Å².